The van der Waals surface area contributed by atoms with Gasteiger partial charge >= 0.3 is 0 Å². The zero-order valence-corrected chi connectivity index (χ0v) is 12.3. The van der Waals surface area contributed by atoms with E-state index in [9.17, 15) is 0 Å². The Kier molecular flexibility index (Phi) is 5.93. The SMILES string of the molecule is CNC1CCCCCCC1N1CCCN(C)CC1. The van der Waals surface area contributed by atoms with Crippen molar-refractivity contribution in [1.82, 2.24) is 15.1 Å². The molecule has 1 aliphatic carbocycles. The Hall–Kier alpha value is -0.120. The molecule has 0 amide bonds. The normalized spacial score (nSPS) is 33.7. The van der Waals surface area contributed by atoms with Crippen molar-refractivity contribution in [1.29, 1.82) is 0 Å². The number of rotatable bonds is 2. The van der Waals surface area contributed by atoms with Crippen molar-refractivity contribution in [3.05, 3.63) is 0 Å². The van der Waals surface area contributed by atoms with Crippen LogP contribution in [0.5, 0.6) is 0 Å². The highest BCUT2D eigenvalue weighted by atomic mass is 15.2. The first kappa shape index (κ1) is 14.3. The van der Waals surface area contributed by atoms with Crippen LogP contribution >= 0.6 is 0 Å². The number of hydrogen-bond donors (Lipinski definition) is 1. The van der Waals surface area contributed by atoms with Gasteiger partial charge in [0.25, 0.3) is 0 Å². The van der Waals surface area contributed by atoms with Crippen LogP contribution in [0.4, 0.5) is 0 Å². The topological polar surface area (TPSA) is 18.5 Å². The summed E-state index contributed by atoms with van der Waals surface area (Å²) in [6, 6.07) is 1.50. The summed E-state index contributed by atoms with van der Waals surface area (Å²) in [5, 5.41) is 3.60. The van der Waals surface area contributed by atoms with Gasteiger partial charge in [0.1, 0.15) is 0 Å². The van der Waals surface area contributed by atoms with Crippen LogP contribution in [-0.2, 0) is 0 Å². The minimum absolute atomic E-state index is 0.716. The standard InChI is InChI=1S/C15H31N3/c1-16-14-8-5-3-4-6-9-15(14)18-11-7-10-17(2)12-13-18/h14-16H,3-13H2,1-2H3. The lowest BCUT2D eigenvalue weighted by molar-refractivity contribution is 0.141. The molecule has 0 spiro atoms. The predicted octanol–water partition coefficient (Wildman–Crippen LogP) is 1.93. The first-order valence-electron chi connectivity index (χ1n) is 7.91. The Morgan fingerprint density at radius 3 is 2.39 bits per heavy atom. The molecule has 2 rings (SSSR count). The van der Waals surface area contributed by atoms with Gasteiger partial charge in [-0.2, -0.15) is 0 Å². The fourth-order valence-corrected chi connectivity index (χ4v) is 3.64. The van der Waals surface area contributed by atoms with Crippen molar-refractivity contribution in [3.8, 4) is 0 Å². The van der Waals surface area contributed by atoms with Gasteiger partial charge in [0.15, 0.2) is 0 Å². The maximum atomic E-state index is 3.60. The maximum Gasteiger partial charge on any atom is 0.0249 e. The number of hydrogen-bond acceptors (Lipinski definition) is 3. The Labute approximate surface area is 113 Å². The Balaban J connectivity index is 1.96. The monoisotopic (exact) mass is 253 g/mol. The van der Waals surface area contributed by atoms with E-state index in [1.165, 1.54) is 71.1 Å². The summed E-state index contributed by atoms with van der Waals surface area (Å²) in [6.07, 6.45) is 9.82. The quantitative estimate of drug-likeness (QED) is 0.811. The lowest BCUT2D eigenvalue weighted by Gasteiger charge is -2.38. The second-order valence-electron chi connectivity index (χ2n) is 6.15. The molecule has 2 atom stereocenters. The molecule has 0 bridgehead atoms. The molecule has 1 saturated carbocycles. The molecule has 1 heterocycles. The van der Waals surface area contributed by atoms with E-state index < -0.39 is 0 Å². The molecule has 0 aromatic heterocycles. The van der Waals surface area contributed by atoms with Gasteiger partial charge in [0, 0.05) is 25.2 Å². The third-order valence-electron chi connectivity index (χ3n) is 4.82. The van der Waals surface area contributed by atoms with Gasteiger partial charge in [-0.25, -0.2) is 0 Å². The highest BCUT2D eigenvalue weighted by molar-refractivity contribution is 4.86. The van der Waals surface area contributed by atoms with Gasteiger partial charge in [-0.1, -0.05) is 25.7 Å². The van der Waals surface area contributed by atoms with Crippen LogP contribution in [0.25, 0.3) is 0 Å². The van der Waals surface area contributed by atoms with Gasteiger partial charge in [-0.3, -0.25) is 4.90 Å². The van der Waals surface area contributed by atoms with Crippen LogP contribution in [0, 0.1) is 0 Å². The van der Waals surface area contributed by atoms with Gasteiger partial charge in [0.2, 0.25) is 0 Å². The largest absolute Gasteiger partial charge is 0.315 e. The van der Waals surface area contributed by atoms with E-state index in [-0.39, 0.29) is 0 Å². The van der Waals surface area contributed by atoms with E-state index in [1.807, 2.05) is 0 Å². The molecular formula is C15H31N3. The molecule has 2 unspecified atom stereocenters. The summed E-state index contributed by atoms with van der Waals surface area (Å²) in [5.74, 6) is 0. The van der Waals surface area contributed by atoms with E-state index in [1.54, 1.807) is 0 Å². The van der Waals surface area contributed by atoms with Crippen molar-refractivity contribution < 1.29 is 0 Å². The molecule has 0 aromatic carbocycles. The molecule has 2 fully saturated rings. The molecule has 18 heavy (non-hydrogen) atoms. The summed E-state index contributed by atoms with van der Waals surface area (Å²) in [6.45, 7) is 5.08. The first-order chi connectivity index (χ1) is 8.81. The molecule has 3 heteroatoms. The van der Waals surface area contributed by atoms with Crippen LogP contribution in [0.3, 0.4) is 0 Å². The minimum atomic E-state index is 0.716. The smallest absolute Gasteiger partial charge is 0.0249 e. The third kappa shape index (κ3) is 3.94. The second-order valence-corrected chi connectivity index (χ2v) is 6.15. The van der Waals surface area contributed by atoms with Gasteiger partial charge in [-0.15, -0.1) is 0 Å². The highest BCUT2D eigenvalue weighted by Crippen LogP contribution is 2.22. The highest BCUT2D eigenvalue weighted by Gasteiger charge is 2.27. The summed E-state index contributed by atoms with van der Waals surface area (Å²) < 4.78 is 0. The summed E-state index contributed by atoms with van der Waals surface area (Å²) in [7, 11) is 4.42. The average molecular weight is 253 g/mol. The zero-order valence-electron chi connectivity index (χ0n) is 12.3. The number of likely N-dealkylation sites (N-methyl/N-ethyl adjacent to an activating group) is 2. The van der Waals surface area contributed by atoms with E-state index >= 15 is 0 Å². The van der Waals surface area contributed by atoms with E-state index in [0.29, 0.717) is 6.04 Å². The first-order valence-corrected chi connectivity index (χ1v) is 7.91. The molecule has 1 saturated heterocycles. The molecule has 0 aromatic rings. The van der Waals surface area contributed by atoms with Crippen molar-refractivity contribution in [2.24, 2.45) is 0 Å². The second kappa shape index (κ2) is 7.46. The Bertz CT molecular complexity index is 232. The number of nitrogens with zero attached hydrogens (tertiary/aromatic N) is 2. The van der Waals surface area contributed by atoms with Crippen LogP contribution in [0.15, 0.2) is 0 Å². The van der Waals surface area contributed by atoms with Crippen LogP contribution < -0.4 is 5.32 Å². The van der Waals surface area contributed by atoms with Gasteiger partial charge in [-0.05, 0) is 46.4 Å². The number of nitrogens with one attached hydrogen (secondary N) is 1. The summed E-state index contributed by atoms with van der Waals surface area (Å²) >= 11 is 0. The van der Waals surface area contributed by atoms with Crippen molar-refractivity contribution in [2.75, 3.05) is 40.3 Å². The molecule has 3 nitrogen and oxygen atoms in total. The molecule has 0 radical (unpaired) electrons. The van der Waals surface area contributed by atoms with E-state index in [2.05, 4.69) is 29.2 Å². The molecular weight excluding hydrogens is 222 g/mol. The van der Waals surface area contributed by atoms with Gasteiger partial charge < -0.3 is 10.2 Å². The fraction of sp³-hybridized carbons (Fsp3) is 1.00. The van der Waals surface area contributed by atoms with Crippen molar-refractivity contribution in [2.45, 2.75) is 57.0 Å². The third-order valence-corrected chi connectivity index (χ3v) is 4.82. The van der Waals surface area contributed by atoms with E-state index in [4.69, 9.17) is 0 Å². The van der Waals surface area contributed by atoms with Crippen LogP contribution in [-0.4, -0.2) is 62.2 Å². The summed E-state index contributed by atoms with van der Waals surface area (Å²) in [5.41, 5.74) is 0. The van der Waals surface area contributed by atoms with Crippen LogP contribution in [0.1, 0.15) is 44.9 Å². The van der Waals surface area contributed by atoms with Gasteiger partial charge in [0.05, 0.1) is 0 Å². The lowest BCUT2D eigenvalue weighted by atomic mass is 9.91. The lowest BCUT2D eigenvalue weighted by Crippen LogP contribution is -2.50. The molecule has 106 valence electrons. The Morgan fingerprint density at radius 1 is 0.833 bits per heavy atom. The maximum absolute atomic E-state index is 3.60. The summed E-state index contributed by atoms with van der Waals surface area (Å²) in [4.78, 5) is 5.26. The average Bonchev–Trinajstić information content (AvgIpc) is 2.54. The van der Waals surface area contributed by atoms with Crippen molar-refractivity contribution in [3.63, 3.8) is 0 Å². The molecule has 1 N–H and O–H groups in total. The molecule has 2 aliphatic rings. The predicted molar refractivity (Wildman–Crippen MR) is 78.0 cm³/mol. The zero-order chi connectivity index (χ0) is 12.8. The molecule has 1 aliphatic heterocycles. The Morgan fingerprint density at radius 2 is 1.61 bits per heavy atom. The van der Waals surface area contributed by atoms with E-state index in [0.717, 1.165) is 6.04 Å². The van der Waals surface area contributed by atoms with Crippen molar-refractivity contribution >= 4 is 0 Å². The minimum Gasteiger partial charge on any atom is -0.315 e. The fourth-order valence-electron chi connectivity index (χ4n) is 3.64. The van der Waals surface area contributed by atoms with Crippen LogP contribution in [0.2, 0.25) is 0 Å².